The number of nitrogens with zero attached hydrogens (tertiary/aromatic N) is 4. The number of anilines is 1. The van der Waals surface area contributed by atoms with Gasteiger partial charge < -0.3 is 24.4 Å². The minimum absolute atomic E-state index is 0.00947. The largest absolute Gasteiger partial charge is 0.457 e. The summed E-state index contributed by atoms with van der Waals surface area (Å²) < 4.78 is 17.1. The molecule has 0 spiro atoms. The van der Waals surface area contributed by atoms with Crippen LogP contribution in [-0.2, 0) is 44.1 Å². The number of alkyl halides is 1. The highest BCUT2D eigenvalue weighted by Gasteiger charge is 2.55. The Balaban J connectivity index is 1.31. The number of amides is 3. The average molecular weight is 903 g/mol. The summed E-state index contributed by atoms with van der Waals surface area (Å²) >= 11 is 8.33. The van der Waals surface area contributed by atoms with Gasteiger partial charge in [-0.05, 0) is 78.1 Å². The van der Waals surface area contributed by atoms with Crippen molar-refractivity contribution in [1.29, 1.82) is 0 Å². The van der Waals surface area contributed by atoms with E-state index in [9.17, 15) is 24.0 Å². The van der Waals surface area contributed by atoms with Crippen LogP contribution in [0.1, 0.15) is 89.6 Å². The van der Waals surface area contributed by atoms with Crippen LogP contribution in [0, 0.1) is 0 Å². The summed E-state index contributed by atoms with van der Waals surface area (Å²) in [6.07, 6.45) is 0.00841. The predicted molar refractivity (Wildman–Crippen MR) is 236 cm³/mol. The molecule has 326 valence electrons. The normalized spacial score (nSPS) is 16.8. The maximum absolute atomic E-state index is 14.6. The van der Waals surface area contributed by atoms with Gasteiger partial charge in [-0.1, -0.05) is 71.9 Å². The molecule has 0 saturated carbocycles. The van der Waals surface area contributed by atoms with Crippen molar-refractivity contribution in [3.8, 4) is 0 Å². The van der Waals surface area contributed by atoms with Gasteiger partial charge in [0.1, 0.15) is 34.0 Å². The van der Waals surface area contributed by atoms with Crippen LogP contribution >= 0.6 is 34.7 Å². The van der Waals surface area contributed by atoms with Gasteiger partial charge in [-0.3, -0.25) is 24.8 Å². The van der Waals surface area contributed by atoms with Crippen molar-refractivity contribution in [3.63, 3.8) is 0 Å². The van der Waals surface area contributed by atoms with E-state index in [2.05, 4.69) is 25.8 Å². The Morgan fingerprint density at radius 1 is 0.903 bits per heavy atom. The first-order chi connectivity index (χ1) is 29.2. The number of benzene rings is 2. The van der Waals surface area contributed by atoms with Crippen molar-refractivity contribution in [3.05, 3.63) is 118 Å². The lowest BCUT2D eigenvalue weighted by molar-refractivity contribution is -0.179. The molecule has 3 amide bonds. The molecule has 0 aliphatic carbocycles. The van der Waals surface area contributed by atoms with Crippen LogP contribution in [0.2, 0.25) is 0 Å². The van der Waals surface area contributed by atoms with Crippen LogP contribution in [0.25, 0.3) is 5.57 Å². The maximum atomic E-state index is 14.6. The Morgan fingerprint density at radius 2 is 1.53 bits per heavy atom. The third kappa shape index (κ3) is 11.0. The van der Waals surface area contributed by atoms with Gasteiger partial charge in [0, 0.05) is 22.9 Å². The number of nitrogens with one attached hydrogen (secondary N) is 2. The molecule has 0 bridgehead atoms. The van der Waals surface area contributed by atoms with Crippen LogP contribution < -0.4 is 10.6 Å². The number of pyridine rings is 1. The highest BCUT2D eigenvalue weighted by atomic mass is 35.5. The third-order valence-corrected chi connectivity index (χ3v) is 11.3. The number of thiazole rings is 1. The van der Waals surface area contributed by atoms with Crippen LogP contribution in [-0.4, -0.2) is 84.4 Å². The van der Waals surface area contributed by atoms with Gasteiger partial charge in [0.25, 0.3) is 11.8 Å². The summed E-state index contributed by atoms with van der Waals surface area (Å²) in [5.74, 6) is -2.56. The molecular formula is C44H47ClN6O9S2. The lowest BCUT2D eigenvalue weighted by Gasteiger charge is -2.49. The van der Waals surface area contributed by atoms with Crippen molar-refractivity contribution in [2.75, 3.05) is 11.1 Å². The van der Waals surface area contributed by atoms with Crippen molar-refractivity contribution in [2.45, 2.75) is 95.6 Å². The number of esters is 2. The lowest BCUT2D eigenvalue weighted by atomic mass is 9.98. The minimum Gasteiger partial charge on any atom is -0.457 e. The molecule has 62 heavy (non-hydrogen) atoms. The summed E-state index contributed by atoms with van der Waals surface area (Å²) in [6, 6.07) is 20.9. The number of hydrogen-bond acceptors (Lipinski definition) is 14. The molecule has 15 nitrogen and oxygen atoms in total. The van der Waals surface area contributed by atoms with E-state index in [4.69, 9.17) is 30.6 Å². The molecule has 4 aromatic rings. The lowest BCUT2D eigenvalue weighted by Crippen LogP contribution is -2.71. The van der Waals surface area contributed by atoms with Crippen LogP contribution in [0.5, 0.6) is 0 Å². The standard InChI is InChI=1S/C44H47ClN6O9S2/c1-42(2,3)58-39(55)44(7,8)60-50-31(30-24-62-40(47-30)49-41(56)59-43(4,5)6)35(52)48-32-36(53)51-33(29(23-61-37(32)51)27-19-20-28(21-45)46-22-27)38(54)57-34(25-15-11-9-12-16-25)26-17-13-10-14-18-26/h9-20,22,24,32,34,37H,21,23H2,1-8H3,(H,48,52)(H,47,49,56)/b50-31-/t32-,37-/m1/s1. The first-order valence-corrected chi connectivity index (χ1v) is 22.0. The SMILES string of the molecule is CC(C)(C)OC(=O)Nc1nc(/C(=N/OC(C)(C)C(=O)OC(C)(C)C)C(=O)N[C@@H]2C(=O)N3C(C(=O)OC(c4ccccc4)c4ccccc4)=C(c4ccc(CCl)nc4)CS[C@H]23)cs1. The first kappa shape index (κ1) is 45.7. The molecule has 4 heterocycles. The van der Waals surface area contributed by atoms with E-state index >= 15 is 0 Å². The van der Waals surface area contributed by atoms with Gasteiger partial charge in [0.2, 0.25) is 5.60 Å². The Hall–Kier alpha value is -5.78. The van der Waals surface area contributed by atoms with Crippen molar-refractivity contribution >= 4 is 81.0 Å². The number of halogens is 1. The molecule has 6 rings (SSSR count). The summed E-state index contributed by atoms with van der Waals surface area (Å²) in [5.41, 5.74) is -0.567. The fourth-order valence-electron chi connectivity index (χ4n) is 6.10. The van der Waals surface area contributed by atoms with E-state index in [0.29, 0.717) is 16.8 Å². The number of carbonyl (C=O) groups is 5. The second kappa shape index (κ2) is 18.7. The fraction of sp³-hybridized carbons (Fsp3) is 0.364. The fourth-order valence-corrected chi connectivity index (χ4v) is 8.32. The zero-order valence-corrected chi connectivity index (χ0v) is 37.8. The van der Waals surface area contributed by atoms with Gasteiger partial charge in [0.15, 0.2) is 16.9 Å². The minimum atomic E-state index is -1.67. The summed E-state index contributed by atoms with van der Waals surface area (Å²) in [5, 5.41) is 10.1. The molecule has 18 heteroatoms. The molecule has 0 unspecified atom stereocenters. The number of fused-ring (bicyclic) bond motifs is 1. The molecule has 2 aromatic carbocycles. The second-order valence-corrected chi connectivity index (χ2v) is 18.9. The van der Waals surface area contributed by atoms with E-state index in [0.717, 1.165) is 22.5 Å². The second-order valence-electron chi connectivity index (χ2n) is 16.7. The van der Waals surface area contributed by atoms with E-state index in [1.165, 1.54) is 35.9 Å². The average Bonchev–Trinajstić information content (AvgIpc) is 3.68. The zero-order valence-electron chi connectivity index (χ0n) is 35.4. The number of carbonyl (C=O) groups excluding carboxylic acids is 5. The van der Waals surface area contributed by atoms with E-state index in [-0.39, 0.29) is 28.2 Å². The number of thioether (sulfide) groups is 1. The van der Waals surface area contributed by atoms with E-state index in [1.54, 1.807) is 59.9 Å². The Labute approximate surface area is 372 Å². The van der Waals surface area contributed by atoms with Gasteiger partial charge in [-0.15, -0.1) is 34.7 Å². The molecule has 1 saturated heterocycles. The smallest absolute Gasteiger partial charge is 0.413 e. The monoisotopic (exact) mass is 902 g/mol. The summed E-state index contributed by atoms with van der Waals surface area (Å²) in [7, 11) is 0. The zero-order chi connectivity index (χ0) is 45.0. The number of rotatable bonds is 13. The van der Waals surface area contributed by atoms with E-state index < -0.39 is 69.9 Å². The van der Waals surface area contributed by atoms with Crippen LogP contribution in [0.3, 0.4) is 0 Å². The molecule has 2 aliphatic rings. The summed E-state index contributed by atoms with van der Waals surface area (Å²) in [4.78, 5) is 84.4. The molecule has 2 aromatic heterocycles. The van der Waals surface area contributed by atoms with E-state index in [1.807, 2.05) is 60.7 Å². The van der Waals surface area contributed by atoms with Crippen molar-refractivity contribution in [2.24, 2.45) is 5.16 Å². The van der Waals surface area contributed by atoms with Crippen LogP contribution in [0.4, 0.5) is 9.93 Å². The number of hydrogen-bond donors (Lipinski definition) is 2. The number of ether oxygens (including phenoxy) is 3. The first-order valence-electron chi connectivity index (χ1n) is 19.5. The molecular weight excluding hydrogens is 856 g/mol. The van der Waals surface area contributed by atoms with Gasteiger partial charge in [0.05, 0.1) is 11.6 Å². The summed E-state index contributed by atoms with van der Waals surface area (Å²) in [6.45, 7) is 13.1. The van der Waals surface area contributed by atoms with Gasteiger partial charge >= 0.3 is 18.0 Å². The molecule has 2 N–H and O–H groups in total. The Kier molecular flexibility index (Phi) is 13.8. The van der Waals surface area contributed by atoms with Crippen molar-refractivity contribution < 1.29 is 43.0 Å². The number of β-lactam (4-membered cyclic amide) rings is 1. The molecule has 2 atom stereocenters. The van der Waals surface area contributed by atoms with Crippen LogP contribution in [0.15, 0.2) is 95.2 Å². The topological polar surface area (TPSA) is 188 Å². The molecule has 2 aliphatic heterocycles. The highest BCUT2D eigenvalue weighted by molar-refractivity contribution is 8.00. The quantitative estimate of drug-likeness (QED) is 0.0335. The molecule has 1 fully saturated rings. The van der Waals surface area contributed by atoms with Gasteiger partial charge in [-0.25, -0.2) is 19.4 Å². The molecule has 0 radical (unpaired) electrons. The van der Waals surface area contributed by atoms with Crippen molar-refractivity contribution in [1.82, 2.24) is 20.2 Å². The number of oxime groups is 1. The van der Waals surface area contributed by atoms with Gasteiger partial charge in [-0.2, -0.15) is 0 Å². The Bertz CT molecular complexity index is 2340. The third-order valence-electron chi connectivity index (χ3n) is 9.01. The highest BCUT2D eigenvalue weighted by Crippen LogP contribution is 2.44. The Morgan fingerprint density at radius 3 is 2.10 bits per heavy atom. The maximum Gasteiger partial charge on any atom is 0.413 e. The predicted octanol–water partition coefficient (Wildman–Crippen LogP) is 7.61. The number of aromatic nitrogens is 2.